The van der Waals surface area contributed by atoms with Crippen molar-refractivity contribution in [3.8, 4) is 22.6 Å². The number of ether oxygens (including phenoxy) is 1. The van der Waals surface area contributed by atoms with Gasteiger partial charge in [0.15, 0.2) is 0 Å². The van der Waals surface area contributed by atoms with Crippen molar-refractivity contribution in [2.24, 2.45) is 7.05 Å². The molecule has 2 aromatic heterocycles. The third kappa shape index (κ3) is 7.11. The Balaban J connectivity index is 1.72. The van der Waals surface area contributed by atoms with Gasteiger partial charge >= 0.3 is 0 Å². The van der Waals surface area contributed by atoms with Crippen LogP contribution < -0.4 is 15.6 Å². The standard InChI is InChI=1S/C32H40N4O5S/c1-6-36(7-2)16-9-8-15-33-31(37)27-18-25-26(19-35(5)32(38)29(25)34-27)24-17-23(20-42(39)40)13-14-28(24)41-30-21(3)11-10-12-22(30)4/h10-14,17-19,34,42H,6-9,15-16,20H2,1-5H3,(H,33,37). The quantitative estimate of drug-likeness (QED) is 0.150. The number of thiol groups is 1. The Labute approximate surface area is 248 Å². The molecule has 42 heavy (non-hydrogen) atoms. The lowest BCUT2D eigenvalue weighted by Crippen LogP contribution is -2.27. The molecule has 0 aliphatic heterocycles. The van der Waals surface area contributed by atoms with Crippen molar-refractivity contribution in [3.05, 3.63) is 81.4 Å². The van der Waals surface area contributed by atoms with E-state index in [9.17, 15) is 18.0 Å². The second-order valence-electron chi connectivity index (χ2n) is 10.6. The zero-order valence-electron chi connectivity index (χ0n) is 25.0. The Morgan fingerprint density at radius 1 is 1.02 bits per heavy atom. The smallest absolute Gasteiger partial charge is 0.274 e. The maximum absolute atomic E-state index is 13.1. The highest BCUT2D eigenvalue weighted by Gasteiger charge is 2.20. The average molecular weight is 593 g/mol. The number of H-pyrrole nitrogens is 1. The fraction of sp³-hybridized carbons (Fsp3) is 0.375. The molecular weight excluding hydrogens is 552 g/mol. The van der Waals surface area contributed by atoms with Crippen molar-refractivity contribution in [3.63, 3.8) is 0 Å². The third-order valence-corrected chi connectivity index (χ3v) is 8.18. The summed E-state index contributed by atoms with van der Waals surface area (Å²) in [6.07, 6.45) is 3.53. The van der Waals surface area contributed by atoms with Gasteiger partial charge in [-0.3, -0.25) is 9.59 Å². The number of aryl methyl sites for hydroxylation is 3. The molecule has 0 radical (unpaired) electrons. The zero-order chi connectivity index (χ0) is 30.4. The van der Waals surface area contributed by atoms with Gasteiger partial charge in [0.2, 0.25) is 0 Å². The molecule has 2 aromatic carbocycles. The van der Waals surface area contributed by atoms with Gasteiger partial charge in [-0.2, -0.15) is 0 Å². The molecule has 0 saturated heterocycles. The fourth-order valence-electron chi connectivity index (χ4n) is 5.16. The van der Waals surface area contributed by atoms with Gasteiger partial charge in [-0.1, -0.05) is 38.1 Å². The molecule has 9 nitrogen and oxygen atoms in total. The largest absolute Gasteiger partial charge is 0.456 e. The molecular formula is C32H40N4O5S. The lowest BCUT2D eigenvalue weighted by atomic mass is 10.00. The summed E-state index contributed by atoms with van der Waals surface area (Å²) in [7, 11) is -1.00. The van der Waals surface area contributed by atoms with Crippen LogP contribution >= 0.6 is 0 Å². The number of carbonyl (C=O) groups excluding carboxylic acids is 1. The molecule has 2 N–H and O–H groups in total. The number of amides is 1. The van der Waals surface area contributed by atoms with Crippen molar-refractivity contribution in [1.29, 1.82) is 0 Å². The summed E-state index contributed by atoms with van der Waals surface area (Å²) in [4.78, 5) is 31.6. The molecule has 0 spiro atoms. The first-order valence-corrected chi connectivity index (χ1v) is 15.7. The maximum Gasteiger partial charge on any atom is 0.274 e. The molecule has 0 saturated carbocycles. The number of nitrogens with one attached hydrogen (secondary N) is 2. The van der Waals surface area contributed by atoms with Crippen molar-refractivity contribution in [2.75, 3.05) is 26.2 Å². The molecule has 1 amide bonds. The Morgan fingerprint density at radius 3 is 2.40 bits per heavy atom. The minimum atomic E-state index is -2.65. The highest BCUT2D eigenvalue weighted by atomic mass is 32.2. The number of aromatic nitrogens is 2. The van der Waals surface area contributed by atoms with Crippen LogP contribution in [0.15, 0.2) is 53.5 Å². The topological polar surface area (TPSA) is 114 Å². The summed E-state index contributed by atoms with van der Waals surface area (Å²) in [6, 6.07) is 12.8. The van der Waals surface area contributed by atoms with Crippen LogP contribution in [0.4, 0.5) is 0 Å². The second-order valence-corrected chi connectivity index (χ2v) is 11.5. The lowest BCUT2D eigenvalue weighted by molar-refractivity contribution is 0.0948. The number of hydrogen-bond donors (Lipinski definition) is 3. The number of benzene rings is 2. The third-order valence-electron chi connectivity index (χ3n) is 7.56. The normalized spacial score (nSPS) is 11.5. The Bertz CT molecular complexity index is 1690. The first-order valence-electron chi connectivity index (χ1n) is 14.3. The van der Waals surface area contributed by atoms with Crippen LogP contribution in [-0.4, -0.2) is 55.0 Å². The molecule has 10 heteroatoms. The van der Waals surface area contributed by atoms with Crippen LogP contribution in [-0.2, 0) is 23.5 Å². The van der Waals surface area contributed by atoms with Gasteiger partial charge in [0.1, 0.15) is 33.4 Å². The number of hydrogen-bond acceptors (Lipinski definition) is 6. The van der Waals surface area contributed by atoms with Gasteiger partial charge in [-0.05, 0) is 81.2 Å². The number of rotatable bonds is 13. The van der Waals surface area contributed by atoms with Crippen LogP contribution in [0.1, 0.15) is 53.9 Å². The van der Waals surface area contributed by atoms with E-state index in [0.29, 0.717) is 45.6 Å². The van der Waals surface area contributed by atoms with Gasteiger partial charge in [-0.15, -0.1) is 0 Å². The first-order chi connectivity index (χ1) is 20.1. The van der Waals surface area contributed by atoms with Gasteiger partial charge in [0, 0.05) is 36.3 Å². The molecule has 0 unspecified atom stereocenters. The van der Waals surface area contributed by atoms with Gasteiger partial charge in [0.25, 0.3) is 11.5 Å². The Kier molecular flexibility index (Phi) is 10.2. The van der Waals surface area contributed by atoms with E-state index >= 15 is 0 Å². The SMILES string of the molecule is CCN(CC)CCCCNC(=O)c1cc2c(-c3cc(C[SH](=O)=O)ccc3Oc3c(C)cccc3C)cn(C)c(=O)c2[nH]1. The molecule has 4 rings (SSSR count). The van der Waals surface area contributed by atoms with Crippen LogP contribution in [0.2, 0.25) is 0 Å². The van der Waals surface area contributed by atoms with E-state index in [1.54, 1.807) is 37.5 Å². The van der Waals surface area contributed by atoms with E-state index in [1.807, 2.05) is 32.0 Å². The van der Waals surface area contributed by atoms with Crippen molar-refractivity contribution >= 4 is 27.5 Å². The fourth-order valence-corrected chi connectivity index (χ4v) is 5.66. The van der Waals surface area contributed by atoms with Crippen molar-refractivity contribution < 1.29 is 17.9 Å². The summed E-state index contributed by atoms with van der Waals surface area (Å²) in [5.74, 6) is 0.803. The van der Waals surface area contributed by atoms with E-state index in [-0.39, 0.29) is 22.9 Å². The summed E-state index contributed by atoms with van der Waals surface area (Å²) in [6.45, 7) is 11.7. The number of carbonyl (C=O) groups is 1. The van der Waals surface area contributed by atoms with Gasteiger partial charge < -0.3 is 24.5 Å². The average Bonchev–Trinajstić information content (AvgIpc) is 3.41. The Hall–Kier alpha value is -3.89. The Morgan fingerprint density at radius 2 is 1.74 bits per heavy atom. The molecule has 0 atom stereocenters. The number of aromatic amines is 1. The number of fused-ring (bicyclic) bond motifs is 1. The molecule has 0 aliphatic carbocycles. The van der Waals surface area contributed by atoms with Crippen LogP contribution in [0, 0.1) is 13.8 Å². The number of nitrogens with zero attached hydrogens (tertiary/aromatic N) is 2. The maximum atomic E-state index is 13.1. The highest BCUT2D eigenvalue weighted by Crippen LogP contribution is 2.39. The molecule has 2 heterocycles. The monoisotopic (exact) mass is 592 g/mol. The van der Waals surface area contributed by atoms with E-state index in [0.717, 1.165) is 43.6 Å². The van der Waals surface area contributed by atoms with E-state index in [4.69, 9.17) is 4.74 Å². The summed E-state index contributed by atoms with van der Waals surface area (Å²) in [5.41, 5.74) is 4.07. The molecule has 224 valence electrons. The second kappa shape index (κ2) is 13.8. The van der Waals surface area contributed by atoms with Crippen LogP contribution in [0.5, 0.6) is 11.5 Å². The van der Waals surface area contributed by atoms with Gasteiger partial charge in [-0.25, -0.2) is 8.42 Å². The lowest BCUT2D eigenvalue weighted by Gasteiger charge is -2.17. The van der Waals surface area contributed by atoms with Gasteiger partial charge in [0.05, 0.1) is 5.75 Å². The predicted octanol–water partition coefficient (Wildman–Crippen LogP) is 4.91. The van der Waals surface area contributed by atoms with Crippen LogP contribution in [0.3, 0.4) is 0 Å². The number of para-hydroxylation sites is 1. The summed E-state index contributed by atoms with van der Waals surface area (Å²) < 4.78 is 31.0. The minimum Gasteiger partial charge on any atom is -0.456 e. The molecule has 0 fully saturated rings. The van der Waals surface area contributed by atoms with E-state index in [2.05, 4.69) is 29.0 Å². The zero-order valence-corrected chi connectivity index (χ0v) is 25.8. The number of pyridine rings is 1. The number of unbranched alkanes of at least 4 members (excludes halogenated alkanes) is 1. The first kappa shape index (κ1) is 31.1. The summed E-state index contributed by atoms with van der Waals surface area (Å²) >= 11 is 0. The highest BCUT2D eigenvalue weighted by molar-refractivity contribution is 7.71. The summed E-state index contributed by atoms with van der Waals surface area (Å²) in [5, 5.41) is 3.52. The van der Waals surface area contributed by atoms with E-state index < -0.39 is 10.7 Å². The van der Waals surface area contributed by atoms with Crippen molar-refractivity contribution in [2.45, 2.75) is 46.3 Å². The molecule has 4 aromatic rings. The molecule has 0 aliphatic rings. The minimum absolute atomic E-state index is 0.129. The van der Waals surface area contributed by atoms with Crippen molar-refractivity contribution in [1.82, 2.24) is 19.8 Å². The molecule has 0 bridgehead atoms. The predicted molar refractivity (Wildman–Crippen MR) is 168 cm³/mol. The van der Waals surface area contributed by atoms with E-state index in [1.165, 1.54) is 4.57 Å². The van der Waals surface area contributed by atoms with Crippen LogP contribution in [0.25, 0.3) is 22.0 Å².